The third-order valence-electron chi connectivity index (χ3n) is 0.893. The minimum atomic E-state index is 0.212. The Morgan fingerprint density at radius 1 is 1.80 bits per heavy atom. The highest BCUT2D eigenvalue weighted by Gasteiger charge is 2.01. The quantitative estimate of drug-likeness (QED) is 0.470. The van der Waals surface area contributed by atoms with Crippen molar-refractivity contribution in [1.29, 1.82) is 0 Å². The van der Waals surface area contributed by atoms with E-state index in [0.29, 0.717) is 6.54 Å². The van der Waals surface area contributed by atoms with Crippen molar-refractivity contribution >= 4 is 30.3 Å². The van der Waals surface area contributed by atoms with Crippen LogP contribution in [0.5, 0.6) is 0 Å². The molecule has 0 rings (SSSR count). The fourth-order valence-electron chi connectivity index (χ4n) is 0.551. The zero-order valence-electron chi connectivity index (χ0n) is 6.01. The Balaban J connectivity index is 3.49. The highest BCUT2D eigenvalue weighted by Crippen LogP contribution is 2.18. The Bertz CT molecular complexity index is 110. The van der Waals surface area contributed by atoms with Crippen molar-refractivity contribution in [2.45, 2.75) is 6.92 Å². The molecule has 60 valence electrons. The summed E-state index contributed by atoms with van der Waals surface area (Å²) in [6, 6.07) is 0. The second-order valence-electron chi connectivity index (χ2n) is 2.11. The van der Waals surface area contributed by atoms with Gasteiger partial charge in [0.2, 0.25) is 0 Å². The molecule has 0 aliphatic heterocycles. The molecule has 4 heteroatoms. The van der Waals surface area contributed by atoms with Gasteiger partial charge < -0.3 is 5.11 Å². The smallest absolute Gasteiger partial charge is 0.0568 e. The first-order chi connectivity index (χ1) is 4.70. The third kappa shape index (κ3) is 5.52. The zero-order valence-corrected chi connectivity index (χ0v) is 8.98. The largest absolute Gasteiger partial charge is 0.395 e. The molecule has 0 amide bonds. The number of aliphatic hydroxyl groups excluding tert-OH is 1. The van der Waals surface area contributed by atoms with Gasteiger partial charge in [-0.15, -0.1) is 0 Å². The van der Waals surface area contributed by atoms with Gasteiger partial charge in [0.1, 0.15) is 0 Å². The Labute approximate surface area is 78.4 Å². The van der Waals surface area contributed by atoms with Gasteiger partial charge in [0.25, 0.3) is 0 Å². The van der Waals surface area contributed by atoms with Crippen LogP contribution in [0.25, 0.3) is 0 Å². The van der Waals surface area contributed by atoms with Crippen molar-refractivity contribution in [3.05, 3.63) is 12.2 Å². The summed E-state index contributed by atoms with van der Waals surface area (Å²) in [5.41, 5.74) is 1.12. The van der Waals surface area contributed by atoms with Gasteiger partial charge in [-0.1, -0.05) is 12.2 Å². The summed E-state index contributed by atoms with van der Waals surface area (Å²) in [4.78, 5) is 0. The summed E-state index contributed by atoms with van der Waals surface area (Å²) >= 11 is 2.20. The van der Waals surface area contributed by atoms with Crippen LogP contribution < -0.4 is 0 Å². The predicted octanol–water partition coefficient (Wildman–Crippen LogP) is 1.85. The lowest BCUT2D eigenvalue weighted by atomic mass is 10.3. The molecule has 0 aromatic rings. The minimum Gasteiger partial charge on any atom is -0.395 e. The van der Waals surface area contributed by atoms with Gasteiger partial charge in [-0.25, -0.2) is 4.31 Å². The van der Waals surface area contributed by atoms with E-state index in [-0.39, 0.29) is 6.61 Å². The van der Waals surface area contributed by atoms with Gasteiger partial charge in [0.05, 0.1) is 6.61 Å². The van der Waals surface area contributed by atoms with Crippen LogP contribution in [-0.4, -0.2) is 29.1 Å². The fourth-order valence-corrected chi connectivity index (χ4v) is 1.98. The molecule has 0 saturated carbocycles. The molecular formula is C6H12INOS. The number of hydrogen-bond donors (Lipinski definition) is 1. The van der Waals surface area contributed by atoms with Gasteiger partial charge in [0, 0.05) is 34.3 Å². The summed E-state index contributed by atoms with van der Waals surface area (Å²) in [5, 5.41) is 8.59. The zero-order chi connectivity index (χ0) is 7.98. The molecule has 0 radical (unpaired) electrons. The van der Waals surface area contributed by atoms with Crippen LogP contribution in [-0.2, 0) is 0 Å². The first-order valence-corrected chi connectivity index (χ1v) is 6.31. The van der Waals surface area contributed by atoms with E-state index in [1.54, 1.807) is 9.12 Å². The Morgan fingerprint density at radius 3 is 2.70 bits per heavy atom. The predicted molar refractivity (Wildman–Crippen MR) is 55.1 cm³/mol. The number of nitrogens with zero attached hydrogens (tertiary/aromatic N) is 1. The lowest BCUT2D eigenvalue weighted by Gasteiger charge is -2.15. The minimum absolute atomic E-state index is 0.212. The van der Waals surface area contributed by atoms with Crippen molar-refractivity contribution in [1.82, 2.24) is 4.31 Å². The molecule has 0 aromatic heterocycles. The van der Waals surface area contributed by atoms with Crippen LogP contribution in [0.1, 0.15) is 6.92 Å². The summed E-state index contributed by atoms with van der Waals surface area (Å²) < 4.78 is 2.06. The summed E-state index contributed by atoms with van der Waals surface area (Å²) in [6.07, 6.45) is 0. The van der Waals surface area contributed by atoms with Crippen molar-refractivity contribution in [2.24, 2.45) is 0 Å². The normalized spacial score (nSPS) is 10.4. The molecule has 0 saturated heterocycles. The second-order valence-corrected chi connectivity index (χ2v) is 3.95. The molecule has 0 aliphatic carbocycles. The molecule has 0 aromatic carbocycles. The van der Waals surface area contributed by atoms with Crippen molar-refractivity contribution < 1.29 is 5.11 Å². The van der Waals surface area contributed by atoms with Gasteiger partial charge >= 0.3 is 0 Å². The highest BCUT2D eigenvalue weighted by atomic mass is 127. The second kappa shape index (κ2) is 6.45. The average Bonchev–Trinajstić information content (AvgIpc) is 1.86. The lowest BCUT2D eigenvalue weighted by Crippen LogP contribution is -2.19. The summed E-state index contributed by atoms with van der Waals surface area (Å²) in [5.74, 6) is 0. The molecule has 0 spiro atoms. The van der Waals surface area contributed by atoms with Crippen LogP contribution in [0.15, 0.2) is 12.2 Å². The molecular weight excluding hydrogens is 261 g/mol. The van der Waals surface area contributed by atoms with Crippen LogP contribution >= 0.6 is 30.3 Å². The fraction of sp³-hybridized carbons (Fsp3) is 0.667. The van der Waals surface area contributed by atoms with Gasteiger partial charge in [-0.05, 0) is 16.0 Å². The monoisotopic (exact) mass is 273 g/mol. The molecule has 0 unspecified atom stereocenters. The number of aliphatic hydroxyl groups is 1. The molecule has 0 fully saturated rings. The molecule has 0 atom stereocenters. The van der Waals surface area contributed by atoms with Crippen LogP contribution in [0, 0.1) is 0 Å². The maximum Gasteiger partial charge on any atom is 0.0568 e. The van der Waals surface area contributed by atoms with Gasteiger partial charge in [-0.2, -0.15) is 0 Å². The van der Waals surface area contributed by atoms with Crippen LogP contribution in [0.2, 0.25) is 0 Å². The van der Waals surface area contributed by atoms with Gasteiger partial charge in [0.15, 0.2) is 0 Å². The summed E-state index contributed by atoms with van der Waals surface area (Å²) in [6.45, 7) is 7.54. The maximum absolute atomic E-state index is 8.59. The molecule has 0 aliphatic rings. The highest BCUT2D eigenvalue weighted by molar-refractivity contribution is 14.2. The number of rotatable bonds is 5. The third-order valence-corrected chi connectivity index (χ3v) is 3.07. The van der Waals surface area contributed by atoms with Crippen molar-refractivity contribution in [3.63, 3.8) is 0 Å². The van der Waals surface area contributed by atoms with Crippen molar-refractivity contribution in [2.75, 3.05) is 19.7 Å². The van der Waals surface area contributed by atoms with E-state index in [0.717, 1.165) is 12.1 Å². The van der Waals surface area contributed by atoms with Crippen LogP contribution in [0.4, 0.5) is 0 Å². The number of halogens is 1. The summed E-state index contributed by atoms with van der Waals surface area (Å²) in [7, 11) is 1.61. The lowest BCUT2D eigenvalue weighted by molar-refractivity contribution is 0.267. The van der Waals surface area contributed by atoms with E-state index in [2.05, 4.69) is 32.1 Å². The SMILES string of the molecule is C=C(C)CN(CCO)SI. The standard InChI is InChI=1S/C6H12INOS/c1-6(2)5-8(10-7)3-4-9/h9H,1,3-5H2,2H3. The molecule has 10 heavy (non-hydrogen) atoms. The van der Waals surface area contributed by atoms with Crippen molar-refractivity contribution in [3.8, 4) is 0 Å². The maximum atomic E-state index is 8.59. The Morgan fingerprint density at radius 2 is 2.40 bits per heavy atom. The Kier molecular flexibility index (Phi) is 6.93. The topological polar surface area (TPSA) is 23.5 Å². The molecule has 1 N–H and O–H groups in total. The molecule has 0 heterocycles. The molecule has 0 bridgehead atoms. The average molecular weight is 273 g/mol. The van der Waals surface area contributed by atoms with E-state index in [4.69, 9.17) is 5.11 Å². The van der Waals surface area contributed by atoms with E-state index in [1.165, 1.54) is 0 Å². The van der Waals surface area contributed by atoms with E-state index < -0.39 is 0 Å². The first-order valence-electron chi connectivity index (χ1n) is 2.99. The first kappa shape index (κ1) is 10.7. The Hall–Kier alpha value is 0.740. The van der Waals surface area contributed by atoms with E-state index in [1.807, 2.05) is 6.92 Å². The van der Waals surface area contributed by atoms with Crippen LogP contribution in [0.3, 0.4) is 0 Å². The molecule has 2 nitrogen and oxygen atoms in total. The van der Waals surface area contributed by atoms with E-state index >= 15 is 0 Å². The van der Waals surface area contributed by atoms with E-state index in [9.17, 15) is 0 Å². The van der Waals surface area contributed by atoms with Gasteiger partial charge in [-0.3, -0.25) is 0 Å². The number of hydrogen-bond acceptors (Lipinski definition) is 3.